The molecule has 0 amide bonds. The first-order valence-corrected chi connectivity index (χ1v) is 4.42. The molecule has 21 nitrogen and oxygen atoms in total. The van der Waals surface area contributed by atoms with Gasteiger partial charge in [0.15, 0.2) is 0 Å². The molecule has 0 aliphatic carbocycles. The van der Waals surface area contributed by atoms with Gasteiger partial charge in [-0.3, -0.25) is 0 Å². The second kappa shape index (κ2) is 50.1. The van der Waals surface area contributed by atoms with Gasteiger partial charge in [-0.2, -0.15) is 0 Å². The first-order chi connectivity index (χ1) is 12.1. The molecule has 0 heterocycles. The van der Waals surface area contributed by atoms with E-state index in [1.165, 1.54) is 0 Å². The van der Waals surface area contributed by atoms with Crippen LogP contribution in [0.25, 0.3) is 0 Å². The largest absolute Gasteiger partial charge is 6.00 e. The maximum Gasteiger partial charge on any atom is 6.00 e. The van der Waals surface area contributed by atoms with E-state index < -0.39 is 43.1 Å². The Balaban J connectivity index is -0.0000000242. The Hall–Kier alpha value is -3.06. The average molecular weight is 688 g/mol. The summed E-state index contributed by atoms with van der Waals surface area (Å²) in [5.41, 5.74) is 0. The van der Waals surface area contributed by atoms with Crippen LogP contribution in [0.1, 0.15) is 0 Å². The van der Waals surface area contributed by atoms with Crippen molar-refractivity contribution in [3.63, 3.8) is 0 Å². The fourth-order valence-corrected chi connectivity index (χ4v) is 0. The third kappa shape index (κ3) is 1530. The molecular formula is C7H7NaO21U. The molecule has 0 fully saturated rings. The van der Waals surface area contributed by atoms with E-state index in [0.717, 1.165) is 0 Å². The van der Waals surface area contributed by atoms with Gasteiger partial charge in [-0.15, -0.1) is 0 Å². The normalized spacial score (nSPS) is 5.60. The Bertz CT molecular complexity index is 314. The second-order valence-electron chi connectivity index (χ2n) is 1.86. The summed E-state index contributed by atoms with van der Waals surface area (Å²) < 4.78 is 0. The number of carbonyl (C=O) groups is 7. The first-order valence-electron chi connectivity index (χ1n) is 4.42. The minimum absolute atomic E-state index is 0. The second-order valence-corrected chi connectivity index (χ2v) is 1.86. The third-order valence-corrected chi connectivity index (χ3v) is 0. The van der Waals surface area contributed by atoms with Crippen LogP contribution < -0.4 is 65.3 Å². The van der Waals surface area contributed by atoms with Crippen LogP contribution >= 0.6 is 0 Å². The van der Waals surface area contributed by atoms with Gasteiger partial charge >= 0.3 is 60.7 Å². The maximum absolute atomic E-state index is 8.44. The van der Waals surface area contributed by atoms with Crippen molar-refractivity contribution in [2.75, 3.05) is 0 Å². The molecule has 0 bridgehead atoms. The summed E-state index contributed by atoms with van der Waals surface area (Å²) in [5, 5.41) is 107. The van der Waals surface area contributed by atoms with Crippen molar-refractivity contribution in [2.45, 2.75) is 0 Å². The number of rotatable bonds is 0. The van der Waals surface area contributed by atoms with E-state index in [9.17, 15) is 0 Å². The zero-order valence-corrected chi connectivity index (χ0v) is 20.0. The Morgan fingerprint density at radius 1 is 0.333 bits per heavy atom. The molecule has 0 saturated carbocycles. The summed E-state index contributed by atoms with van der Waals surface area (Å²) in [7, 11) is 0. The zero-order valence-electron chi connectivity index (χ0n) is 13.8. The summed E-state index contributed by atoms with van der Waals surface area (Å²) in [6.07, 6.45) is -14.6. The van der Waals surface area contributed by atoms with E-state index in [2.05, 4.69) is 0 Å². The van der Waals surface area contributed by atoms with E-state index >= 15 is 0 Å². The molecule has 0 saturated heterocycles. The first kappa shape index (κ1) is 56.3. The van der Waals surface area contributed by atoms with Crippen LogP contribution in [0.2, 0.25) is 0 Å². The molecule has 0 spiro atoms. The molecule has 0 aliphatic heterocycles. The van der Waals surface area contributed by atoms with Gasteiger partial charge in [-0.25, -0.2) is 0 Å². The van der Waals surface area contributed by atoms with Crippen LogP contribution in [0.15, 0.2) is 0 Å². The van der Waals surface area contributed by atoms with Gasteiger partial charge in [-0.1, -0.05) is 0 Å². The van der Waals surface area contributed by atoms with E-state index in [4.69, 9.17) is 105 Å². The molecule has 0 aromatic rings. The molecule has 0 radical (unpaired) electrons. The van der Waals surface area contributed by atoms with Crippen LogP contribution in [-0.4, -0.2) is 78.8 Å². The quantitative estimate of drug-likeness (QED) is 0.116. The van der Waals surface area contributed by atoms with Crippen molar-refractivity contribution in [1.82, 2.24) is 0 Å². The molecule has 0 aromatic heterocycles. The van der Waals surface area contributed by atoms with Crippen molar-refractivity contribution in [3.05, 3.63) is 0 Å². The molecule has 30 heavy (non-hydrogen) atoms. The van der Waals surface area contributed by atoms with Crippen LogP contribution in [0.4, 0.5) is 33.6 Å². The molecular weight excluding hydrogens is 681 g/mol. The Labute approximate surface area is 208 Å². The molecule has 23 heteroatoms. The van der Waals surface area contributed by atoms with Gasteiger partial charge in [0.05, 0.1) is 0 Å². The minimum Gasteiger partial charge on any atom is -0.565 e. The van der Waals surface area contributed by atoms with Gasteiger partial charge in [-0.05, 0) is 0 Å². The van der Waals surface area contributed by atoms with Gasteiger partial charge in [0, 0.05) is 0 Å². The zero-order chi connectivity index (χ0) is 25.0. The smallest absolute Gasteiger partial charge is 0.565 e. The van der Waals surface area contributed by atoms with E-state index in [0.29, 0.717) is 0 Å². The molecule has 0 aromatic carbocycles. The molecule has 0 aliphatic rings. The fourth-order valence-electron chi connectivity index (χ4n) is 0. The summed E-state index contributed by atoms with van der Waals surface area (Å²) in [5.74, 6) is 0. The average Bonchev–Trinajstić information content (AvgIpc) is 2.20. The summed E-state index contributed by atoms with van der Waals surface area (Å²) in [6, 6.07) is 0. The summed E-state index contributed by atoms with van der Waals surface area (Å²) >= 11 is 0. The van der Waals surface area contributed by atoms with E-state index in [1.807, 2.05) is 0 Å². The molecule has 0 atom stereocenters. The van der Waals surface area contributed by atoms with E-state index in [1.54, 1.807) is 0 Å². The Morgan fingerprint density at radius 2 is 0.333 bits per heavy atom. The van der Waals surface area contributed by atoms with Crippen molar-refractivity contribution in [1.29, 1.82) is 0 Å². The van der Waals surface area contributed by atoms with Crippen LogP contribution in [0.5, 0.6) is 0 Å². The standard InChI is InChI=1S/7CH2O3.Na.U/c7*2-1(3)4;;/h7*(H2,2,3,4);;/q;;;;;;;+1;+6/p-7. The predicted molar refractivity (Wildman–Crippen MR) is 56.2 cm³/mol. The molecule has 0 rings (SSSR count). The van der Waals surface area contributed by atoms with Crippen molar-refractivity contribution >= 4 is 43.1 Å². The summed E-state index contributed by atoms with van der Waals surface area (Å²) in [4.78, 5) is 59.1. The summed E-state index contributed by atoms with van der Waals surface area (Å²) in [6.45, 7) is 0. The van der Waals surface area contributed by atoms with Crippen molar-refractivity contribution in [2.24, 2.45) is 0 Å². The number of hydrogen-bond donors (Lipinski definition) is 7. The van der Waals surface area contributed by atoms with Crippen molar-refractivity contribution < 1.29 is 166 Å². The van der Waals surface area contributed by atoms with Gasteiger partial charge in [0.2, 0.25) is 43.1 Å². The minimum atomic E-state index is -2.08. The number of carboxylic acid groups (broad SMARTS) is 14. The van der Waals surface area contributed by atoms with E-state index in [-0.39, 0.29) is 60.7 Å². The Kier molecular flexibility index (Phi) is 94.1. The van der Waals surface area contributed by atoms with Crippen molar-refractivity contribution in [3.8, 4) is 0 Å². The van der Waals surface area contributed by atoms with Crippen LogP contribution in [0.3, 0.4) is 0 Å². The van der Waals surface area contributed by atoms with Gasteiger partial charge in [0.1, 0.15) is 0 Å². The molecule has 7 N–H and O–H groups in total. The molecule has 0 unspecified atom stereocenters. The monoisotopic (exact) mass is 688 g/mol. The van der Waals surface area contributed by atoms with Gasteiger partial charge < -0.3 is 105 Å². The maximum atomic E-state index is 8.44. The molecule has 166 valence electrons. The Morgan fingerprint density at radius 3 is 0.333 bits per heavy atom. The third-order valence-electron chi connectivity index (χ3n) is 0. The van der Waals surface area contributed by atoms with Gasteiger partial charge in [0.25, 0.3) is 0 Å². The number of hydrogen-bond acceptors (Lipinski definition) is 14. The van der Waals surface area contributed by atoms with Crippen LogP contribution in [0, 0.1) is 31.1 Å². The topological polar surface area (TPSA) is 423 Å². The SMILES string of the molecule is O=C([O-])O.O=C([O-])O.O=C([O-])O.O=C([O-])O.O=C([O-])O.O=C([O-])O.O=C([O-])O.[Na+].[U+6]. The van der Waals surface area contributed by atoms with Crippen LogP contribution in [-0.2, 0) is 0 Å². The predicted octanol–water partition coefficient (Wildman–Crippen LogP) is -10.8. The fraction of sp³-hybridized carbons (Fsp3) is 0.